The second-order valence-corrected chi connectivity index (χ2v) is 7.02. The standard InChI is InChI=1S/C15H30N4O2/c1-15(2,3)17-13(20)10-16-12-6-8-19(9-7-12)11-14(21)18(4)5/h12,16H,6-11H2,1-5H3,(H,17,20). The van der Waals surface area contributed by atoms with E-state index in [0.717, 1.165) is 25.9 Å². The molecular weight excluding hydrogens is 268 g/mol. The number of nitrogens with one attached hydrogen (secondary N) is 2. The molecule has 1 rings (SSSR count). The number of likely N-dealkylation sites (N-methyl/N-ethyl adjacent to an activating group) is 1. The topological polar surface area (TPSA) is 64.7 Å². The number of carbonyl (C=O) groups excluding carboxylic acids is 2. The van der Waals surface area contributed by atoms with Gasteiger partial charge in [-0.25, -0.2) is 0 Å². The van der Waals surface area contributed by atoms with Crippen LogP contribution in [0.4, 0.5) is 0 Å². The maximum atomic E-state index is 11.8. The van der Waals surface area contributed by atoms with E-state index in [1.807, 2.05) is 20.8 Å². The number of piperidine rings is 1. The molecule has 6 heteroatoms. The second kappa shape index (κ2) is 7.75. The van der Waals surface area contributed by atoms with Crippen LogP contribution >= 0.6 is 0 Å². The Kier molecular flexibility index (Phi) is 6.61. The molecule has 1 aliphatic heterocycles. The van der Waals surface area contributed by atoms with E-state index in [0.29, 0.717) is 19.1 Å². The van der Waals surface area contributed by atoms with Gasteiger partial charge in [-0.1, -0.05) is 0 Å². The zero-order valence-corrected chi connectivity index (χ0v) is 14.0. The molecule has 1 saturated heterocycles. The van der Waals surface area contributed by atoms with Crippen LogP contribution in [0.25, 0.3) is 0 Å². The summed E-state index contributed by atoms with van der Waals surface area (Å²) in [5.41, 5.74) is -0.186. The van der Waals surface area contributed by atoms with E-state index in [1.165, 1.54) is 0 Å². The van der Waals surface area contributed by atoms with Gasteiger partial charge in [-0.15, -0.1) is 0 Å². The lowest BCUT2D eigenvalue weighted by Crippen LogP contribution is -2.50. The van der Waals surface area contributed by atoms with E-state index in [1.54, 1.807) is 19.0 Å². The predicted molar refractivity (Wildman–Crippen MR) is 84.1 cm³/mol. The van der Waals surface area contributed by atoms with Crippen molar-refractivity contribution in [3.8, 4) is 0 Å². The fraction of sp³-hybridized carbons (Fsp3) is 0.867. The van der Waals surface area contributed by atoms with Crippen LogP contribution in [0.3, 0.4) is 0 Å². The Bertz CT molecular complexity index is 355. The van der Waals surface area contributed by atoms with E-state index in [2.05, 4.69) is 15.5 Å². The highest BCUT2D eigenvalue weighted by molar-refractivity contribution is 5.78. The van der Waals surface area contributed by atoms with Gasteiger partial charge in [0.05, 0.1) is 13.1 Å². The summed E-state index contributed by atoms with van der Waals surface area (Å²) in [6.45, 7) is 8.58. The van der Waals surface area contributed by atoms with E-state index in [9.17, 15) is 9.59 Å². The summed E-state index contributed by atoms with van der Waals surface area (Å²) in [5.74, 6) is 0.179. The zero-order valence-electron chi connectivity index (χ0n) is 14.0. The third-order valence-corrected chi connectivity index (χ3v) is 3.51. The lowest BCUT2D eigenvalue weighted by atomic mass is 10.0. The Morgan fingerprint density at radius 2 is 1.76 bits per heavy atom. The second-order valence-electron chi connectivity index (χ2n) is 7.02. The van der Waals surface area contributed by atoms with Crippen molar-refractivity contribution in [2.45, 2.75) is 45.2 Å². The van der Waals surface area contributed by atoms with Crippen LogP contribution < -0.4 is 10.6 Å². The van der Waals surface area contributed by atoms with Crippen molar-refractivity contribution < 1.29 is 9.59 Å². The summed E-state index contributed by atoms with van der Waals surface area (Å²) in [5, 5.41) is 6.25. The monoisotopic (exact) mass is 298 g/mol. The van der Waals surface area contributed by atoms with Crippen LogP contribution in [0.1, 0.15) is 33.6 Å². The minimum atomic E-state index is -0.186. The van der Waals surface area contributed by atoms with Crippen molar-refractivity contribution in [1.82, 2.24) is 20.4 Å². The number of hydrogen-bond donors (Lipinski definition) is 2. The van der Waals surface area contributed by atoms with E-state index in [4.69, 9.17) is 0 Å². The minimum Gasteiger partial charge on any atom is -0.350 e. The van der Waals surface area contributed by atoms with Gasteiger partial charge < -0.3 is 15.5 Å². The van der Waals surface area contributed by atoms with Crippen LogP contribution in [-0.2, 0) is 9.59 Å². The van der Waals surface area contributed by atoms with Crippen LogP contribution in [0, 0.1) is 0 Å². The van der Waals surface area contributed by atoms with Gasteiger partial charge >= 0.3 is 0 Å². The Morgan fingerprint density at radius 3 is 2.24 bits per heavy atom. The molecule has 0 aromatic carbocycles. The van der Waals surface area contributed by atoms with Crippen molar-refractivity contribution in [2.24, 2.45) is 0 Å². The number of rotatable bonds is 5. The average Bonchev–Trinajstić information content (AvgIpc) is 2.35. The zero-order chi connectivity index (χ0) is 16.0. The lowest BCUT2D eigenvalue weighted by molar-refractivity contribution is -0.130. The maximum absolute atomic E-state index is 11.8. The molecular formula is C15H30N4O2. The molecule has 0 radical (unpaired) electrons. The highest BCUT2D eigenvalue weighted by atomic mass is 16.2. The average molecular weight is 298 g/mol. The maximum Gasteiger partial charge on any atom is 0.236 e. The normalized spacial score (nSPS) is 17.6. The van der Waals surface area contributed by atoms with Gasteiger partial charge in [-0.05, 0) is 33.6 Å². The van der Waals surface area contributed by atoms with Gasteiger partial charge in [0.2, 0.25) is 11.8 Å². The molecule has 1 aliphatic rings. The van der Waals surface area contributed by atoms with Gasteiger partial charge in [-0.2, -0.15) is 0 Å². The minimum absolute atomic E-state index is 0.0349. The van der Waals surface area contributed by atoms with Crippen molar-refractivity contribution in [2.75, 3.05) is 40.3 Å². The van der Waals surface area contributed by atoms with Gasteiger partial charge in [-0.3, -0.25) is 14.5 Å². The van der Waals surface area contributed by atoms with Gasteiger partial charge in [0, 0.05) is 38.8 Å². The number of amides is 2. The Morgan fingerprint density at radius 1 is 1.19 bits per heavy atom. The molecule has 0 bridgehead atoms. The fourth-order valence-electron chi connectivity index (χ4n) is 2.33. The molecule has 1 heterocycles. The van der Waals surface area contributed by atoms with E-state index < -0.39 is 0 Å². The summed E-state index contributed by atoms with van der Waals surface area (Å²) < 4.78 is 0. The molecule has 1 fully saturated rings. The van der Waals surface area contributed by atoms with Crippen molar-refractivity contribution in [3.05, 3.63) is 0 Å². The SMILES string of the molecule is CN(C)C(=O)CN1CCC(NCC(=O)NC(C)(C)C)CC1. The van der Waals surface area contributed by atoms with Crippen LogP contribution in [-0.4, -0.2) is 73.5 Å². The molecule has 0 spiro atoms. The van der Waals surface area contributed by atoms with E-state index >= 15 is 0 Å². The third-order valence-electron chi connectivity index (χ3n) is 3.51. The molecule has 0 unspecified atom stereocenters. The van der Waals surface area contributed by atoms with Gasteiger partial charge in [0.1, 0.15) is 0 Å². The van der Waals surface area contributed by atoms with Gasteiger partial charge in [0.15, 0.2) is 0 Å². The van der Waals surface area contributed by atoms with E-state index in [-0.39, 0.29) is 17.4 Å². The number of nitrogens with zero attached hydrogens (tertiary/aromatic N) is 2. The largest absolute Gasteiger partial charge is 0.350 e. The van der Waals surface area contributed by atoms with Crippen LogP contribution in [0.5, 0.6) is 0 Å². The Hall–Kier alpha value is -1.14. The molecule has 122 valence electrons. The molecule has 6 nitrogen and oxygen atoms in total. The first-order valence-electron chi connectivity index (χ1n) is 7.64. The Balaban J connectivity index is 2.22. The molecule has 21 heavy (non-hydrogen) atoms. The third kappa shape index (κ3) is 7.43. The number of carbonyl (C=O) groups is 2. The summed E-state index contributed by atoms with van der Waals surface area (Å²) in [6, 6.07) is 0.362. The van der Waals surface area contributed by atoms with Crippen LogP contribution in [0.15, 0.2) is 0 Å². The fourth-order valence-corrected chi connectivity index (χ4v) is 2.33. The molecule has 0 aromatic rings. The predicted octanol–water partition coefficient (Wildman–Crippen LogP) is 0.0433. The molecule has 2 amide bonds. The van der Waals surface area contributed by atoms with Crippen molar-refractivity contribution in [1.29, 1.82) is 0 Å². The quantitative estimate of drug-likeness (QED) is 0.752. The molecule has 2 N–H and O–H groups in total. The number of hydrogen-bond acceptors (Lipinski definition) is 4. The molecule has 0 atom stereocenters. The summed E-state index contributed by atoms with van der Waals surface area (Å²) in [4.78, 5) is 27.2. The number of likely N-dealkylation sites (tertiary alicyclic amines) is 1. The van der Waals surface area contributed by atoms with Crippen molar-refractivity contribution >= 4 is 11.8 Å². The lowest BCUT2D eigenvalue weighted by Gasteiger charge is -2.32. The van der Waals surface area contributed by atoms with Crippen molar-refractivity contribution in [3.63, 3.8) is 0 Å². The summed E-state index contributed by atoms with van der Waals surface area (Å²) in [6.07, 6.45) is 1.95. The first-order chi connectivity index (χ1) is 9.67. The first-order valence-corrected chi connectivity index (χ1v) is 7.64. The summed E-state index contributed by atoms with van der Waals surface area (Å²) >= 11 is 0. The highest BCUT2D eigenvalue weighted by Crippen LogP contribution is 2.10. The molecule has 0 saturated carbocycles. The smallest absolute Gasteiger partial charge is 0.236 e. The molecule has 0 aliphatic carbocycles. The highest BCUT2D eigenvalue weighted by Gasteiger charge is 2.22. The van der Waals surface area contributed by atoms with Crippen LogP contribution in [0.2, 0.25) is 0 Å². The molecule has 0 aromatic heterocycles. The van der Waals surface area contributed by atoms with Gasteiger partial charge in [0.25, 0.3) is 0 Å². The first kappa shape index (κ1) is 17.9. The Labute approximate surface area is 128 Å². The summed E-state index contributed by atoms with van der Waals surface area (Å²) in [7, 11) is 3.56.